The summed E-state index contributed by atoms with van der Waals surface area (Å²) >= 11 is 0. The van der Waals surface area contributed by atoms with Crippen LogP contribution in [0.3, 0.4) is 0 Å². The molecular weight excluding hydrogens is 352 g/mol. The van der Waals surface area contributed by atoms with Gasteiger partial charge in [0.1, 0.15) is 0 Å². The van der Waals surface area contributed by atoms with Crippen LogP contribution in [0.4, 0.5) is 11.4 Å². The Hall–Kier alpha value is -3.80. The molecule has 0 bridgehead atoms. The van der Waals surface area contributed by atoms with Crippen LogP contribution in [0.1, 0.15) is 17.0 Å². The maximum Gasteiger partial charge on any atom is 0.269 e. The van der Waals surface area contributed by atoms with Crippen molar-refractivity contribution in [2.45, 2.75) is 13.8 Å². The van der Waals surface area contributed by atoms with Crippen molar-refractivity contribution in [2.24, 2.45) is 4.99 Å². The van der Waals surface area contributed by atoms with E-state index >= 15 is 0 Å². The van der Waals surface area contributed by atoms with Crippen LogP contribution in [-0.4, -0.2) is 20.7 Å². The molecule has 0 aliphatic heterocycles. The molecule has 4 rings (SSSR count). The van der Waals surface area contributed by atoms with Gasteiger partial charge in [-0.2, -0.15) is 0 Å². The van der Waals surface area contributed by atoms with Gasteiger partial charge in [-0.15, -0.1) is 0 Å². The summed E-state index contributed by atoms with van der Waals surface area (Å²) in [5.74, 6) is 0. The Balaban J connectivity index is 1.66. The predicted octanol–water partition coefficient (Wildman–Crippen LogP) is 5.30. The molecule has 0 atom stereocenters. The summed E-state index contributed by atoms with van der Waals surface area (Å²) < 4.78 is 2.06. The molecule has 6 nitrogen and oxygen atoms in total. The summed E-state index contributed by atoms with van der Waals surface area (Å²) in [7, 11) is 0. The SMILES string of the molecule is Cc1cc(C=Nc2ccc3ncccc3c2)c(C)n1-c1ccc([N+](=O)[O-])cc1. The number of rotatable bonds is 4. The van der Waals surface area contributed by atoms with Crippen LogP contribution in [0.25, 0.3) is 16.6 Å². The van der Waals surface area contributed by atoms with Crippen molar-refractivity contribution in [1.29, 1.82) is 0 Å². The number of benzene rings is 2. The molecule has 0 aliphatic rings. The lowest BCUT2D eigenvalue weighted by Crippen LogP contribution is -2.00. The van der Waals surface area contributed by atoms with Crippen molar-refractivity contribution < 1.29 is 4.92 Å². The van der Waals surface area contributed by atoms with Crippen LogP contribution in [-0.2, 0) is 0 Å². The van der Waals surface area contributed by atoms with Gasteiger partial charge in [0.15, 0.2) is 0 Å². The van der Waals surface area contributed by atoms with Crippen molar-refractivity contribution in [1.82, 2.24) is 9.55 Å². The zero-order valence-corrected chi connectivity index (χ0v) is 15.5. The average Bonchev–Trinajstić information content (AvgIpc) is 2.99. The van der Waals surface area contributed by atoms with Gasteiger partial charge in [-0.05, 0) is 56.3 Å². The molecule has 0 N–H and O–H groups in total. The number of hydrogen-bond acceptors (Lipinski definition) is 4. The third kappa shape index (κ3) is 3.27. The van der Waals surface area contributed by atoms with Crippen LogP contribution in [0.5, 0.6) is 0 Å². The van der Waals surface area contributed by atoms with E-state index in [1.807, 2.05) is 50.4 Å². The monoisotopic (exact) mass is 370 g/mol. The number of aromatic nitrogens is 2. The minimum absolute atomic E-state index is 0.0822. The van der Waals surface area contributed by atoms with Crippen LogP contribution in [0, 0.1) is 24.0 Å². The molecule has 0 aliphatic carbocycles. The van der Waals surface area contributed by atoms with E-state index in [9.17, 15) is 10.1 Å². The van der Waals surface area contributed by atoms with Gasteiger partial charge >= 0.3 is 0 Å². The molecule has 6 heteroatoms. The van der Waals surface area contributed by atoms with E-state index in [0.717, 1.165) is 39.2 Å². The number of hydrogen-bond donors (Lipinski definition) is 0. The van der Waals surface area contributed by atoms with Crippen LogP contribution >= 0.6 is 0 Å². The first-order chi connectivity index (χ1) is 13.5. The first kappa shape index (κ1) is 17.6. The Morgan fingerprint density at radius 1 is 1.07 bits per heavy atom. The zero-order chi connectivity index (χ0) is 19.7. The summed E-state index contributed by atoms with van der Waals surface area (Å²) in [5, 5.41) is 11.9. The Bertz CT molecular complexity index is 1210. The number of fused-ring (bicyclic) bond motifs is 1. The fourth-order valence-electron chi connectivity index (χ4n) is 3.33. The summed E-state index contributed by atoms with van der Waals surface area (Å²) in [6.45, 7) is 4.02. The second-order valence-electron chi connectivity index (χ2n) is 6.57. The first-order valence-electron chi connectivity index (χ1n) is 8.85. The van der Waals surface area contributed by atoms with E-state index in [-0.39, 0.29) is 5.69 Å². The zero-order valence-electron chi connectivity index (χ0n) is 15.5. The Kier molecular flexibility index (Phi) is 4.45. The predicted molar refractivity (Wildman–Crippen MR) is 111 cm³/mol. The molecule has 2 aromatic heterocycles. The minimum atomic E-state index is -0.393. The van der Waals surface area contributed by atoms with E-state index in [4.69, 9.17) is 0 Å². The summed E-state index contributed by atoms with van der Waals surface area (Å²) in [6, 6.07) is 18.5. The highest BCUT2D eigenvalue weighted by atomic mass is 16.6. The van der Waals surface area contributed by atoms with Crippen LogP contribution in [0.2, 0.25) is 0 Å². The fourth-order valence-corrected chi connectivity index (χ4v) is 3.33. The second-order valence-corrected chi connectivity index (χ2v) is 6.57. The first-order valence-corrected chi connectivity index (χ1v) is 8.85. The van der Waals surface area contributed by atoms with Gasteiger partial charge in [0.2, 0.25) is 0 Å². The number of nitro groups is 1. The van der Waals surface area contributed by atoms with Crippen molar-refractivity contribution in [3.05, 3.63) is 93.9 Å². The largest absolute Gasteiger partial charge is 0.318 e. The van der Waals surface area contributed by atoms with Gasteiger partial charge in [0, 0.05) is 52.6 Å². The standard InChI is InChI=1S/C22H18N4O2/c1-15-12-18(14-24-19-5-10-22-17(13-19)4-3-11-23-22)16(2)25(15)20-6-8-21(9-7-20)26(27)28/h3-14H,1-2H3. The Labute approximate surface area is 162 Å². The second kappa shape index (κ2) is 7.08. The van der Waals surface area contributed by atoms with E-state index in [1.54, 1.807) is 18.3 Å². The van der Waals surface area contributed by atoms with Crippen LogP contribution in [0.15, 0.2) is 71.9 Å². The quantitative estimate of drug-likeness (QED) is 0.278. The lowest BCUT2D eigenvalue weighted by molar-refractivity contribution is -0.384. The molecule has 2 heterocycles. The van der Waals surface area contributed by atoms with Gasteiger partial charge in [-0.1, -0.05) is 6.07 Å². The number of aryl methyl sites for hydroxylation is 1. The smallest absolute Gasteiger partial charge is 0.269 e. The maximum atomic E-state index is 10.9. The number of nitro benzene ring substituents is 1. The molecule has 4 aromatic rings. The molecule has 0 saturated heterocycles. The molecule has 0 amide bonds. The third-order valence-electron chi connectivity index (χ3n) is 4.73. The van der Waals surface area contributed by atoms with Gasteiger partial charge < -0.3 is 4.57 Å². The molecule has 0 radical (unpaired) electrons. The van der Waals surface area contributed by atoms with Gasteiger partial charge in [-0.3, -0.25) is 20.1 Å². The van der Waals surface area contributed by atoms with Crippen molar-refractivity contribution in [2.75, 3.05) is 0 Å². The normalized spacial score (nSPS) is 11.4. The number of aliphatic imine (C=N–C) groups is 1. The highest BCUT2D eigenvalue weighted by Crippen LogP contribution is 2.23. The number of non-ortho nitro benzene ring substituents is 1. The highest BCUT2D eigenvalue weighted by Gasteiger charge is 2.11. The highest BCUT2D eigenvalue weighted by molar-refractivity contribution is 5.87. The molecule has 0 spiro atoms. The third-order valence-corrected chi connectivity index (χ3v) is 4.73. The molecule has 0 fully saturated rings. The average molecular weight is 370 g/mol. The molecular formula is C22H18N4O2. The van der Waals surface area contributed by atoms with E-state index in [0.29, 0.717) is 0 Å². The number of pyridine rings is 1. The van der Waals surface area contributed by atoms with Gasteiger partial charge in [0.05, 0.1) is 16.1 Å². The van der Waals surface area contributed by atoms with E-state index < -0.39 is 4.92 Å². The molecule has 2 aromatic carbocycles. The topological polar surface area (TPSA) is 73.3 Å². The van der Waals surface area contributed by atoms with E-state index in [2.05, 4.69) is 20.6 Å². The molecule has 0 unspecified atom stereocenters. The van der Waals surface area contributed by atoms with E-state index in [1.165, 1.54) is 12.1 Å². The molecule has 138 valence electrons. The van der Waals surface area contributed by atoms with Crippen LogP contribution < -0.4 is 0 Å². The lowest BCUT2D eigenvalue weighted by Gasteiger charge is -2.09. The van der Waals surface area contributed by atoms with Crippen molar-refractivity contribution in [3.63, 3.8) is 0 Å². The molecule has 0 saturated carbocycles. The summed E-state index contributed by atoms with van der Waals surface area (Å²) in [4.78, 5) is 19.4. The van der Waals surface area contributed by atoms with Crippen molar-refractivity contribution in [3.8, 4) is 5.69 Å². The number of nitrogens with zero attached hydrogens (tertiary/aromatic N) is 4. The summed E-state index contributed by atoms with van der Waals surface area (Å²) in [6.07, 6.45) is 3.63. The van der Waals surface area contributed by atoms with Crippen molar-refractivity contribution >= 4 is 28.5 Å². The maximum absolute atomic E-state index is 10.9. The minimum Gasteiger partial charge on any atom is -0.318 e. The molecule has 28 heavy (non-hydrogen) atoms. The van der Waals surface area contributed by atoms with Gasteiger partial charge in [-0.25, -0.2) is 0 Å². The fraction of sp³-hybridized carbons (Fsp3) is 0.0909. The van der Waals surface area contributed by atoms with Gasteiger partial charge in [0.25, 0.3) is 5.69 Å². The Morgan fingerprint density at radius 2 is 1.86 bits per heavy atom. The lowest BCUT2D eigenvalue weighted by atomic mass is 10.2. The Morgan fingerprint density at radius 3 is 2.61 bits per heavy atom. The summed E-state index contributed by atoms with van der Waals surface area (Å²) in [5.41, 5.74) is 5.84.